The Morgan fingerprint density at radius 1 is 1.09 bits per heavy atom. The first-order valence-corrected chi connectivity index (χ1v) is 12.4. The molecule has 174 valence electrons. The first kappa shape index (κ1) is 23.2. The molecule has 1 amide bonds. The van der Waals surface area contributed by atoms with E-state index < -0.39 is 10.0 Å². The van der Waals surface area contributed by atoms with Gasteiger partial charge in [-0.25, -0.2) is 13.1 Å². The predicted molar refractivity (Wildman–Crippen MR) is 126 cm³/mol. The molecule has 1 aliphatic heterocycles. The number of ether oxygens (including phenoxy) is 1. The van der Waals surface area contributed by atoms with Crippen LogP contribution in [0.3, 0.4) is 0 Å². The van der Waals surface area contributed by atoms with Crippen LogP contribution in [0, 0.1) is 13.8 Å². The van der Waals surface area contributed by atoms with Crippen molar-refractivity contribution < 1.29 is 17.9 Å². The molecule has 1 saturated heterocycles. The molecule has 0 radical (unpaired) electrons. The van der Waals surface area contributed by atoms with Crippen LogP contribution in [-0.4, -0.2) is 54.7 Å². The summed E-state index contributed by atoms with van der Waals surface area (Å²) in [6, 6.07) is 14.2. The SMILES string of the molecule is CCc1ccc(C(=O)Nc2ccccc2-n2nc(C)cc2C)cc1S(=O)(=O)N1CCOCC1. The van der Waals surface area contributed by atoms with Gasteiger partial charge in [0.05, 0.1) is 35.2 Å². The van der Waals surface area contributed by atoms with Gasteiger partial charge in [0.15, 0.2) is 0 Å². The molecule has 4 rings (SSSR count). The Morgan fingerprint density at radius 2 is 1.82 bits per heavy atom. The molecule has 0 aliphatic carbocycles. The molecule has 33 heavy (non-hydrogen) atoms. The van der Waals surface area contributed by atoms with Crippen LogP contribution in [0.1, 0.15) is 34.2 Å². The van der Waals surface area contributed by atoms with Crippen molar-refractivity contribution in [2.75, 3.05) is 31.6 Å². The molecule has 1 aliphatic rings. The normalized spacial score (nSPS) is 14.9. The lowest BCUT2D eigenvalue weighted by Gasteiger charge is -2.27. The zero-order chi connectivity index (χ0) is 23.6. The number of amides is 1. The Morgan fingerprint density at radius 3 is 2.48 bits per heavy atom. The maximum absolute atomic E-state index is 13.3. The number of morpholine rings is 1. The lowest BCUT2D eigenvalue weighted by molar-refractivity contribution is 0.0730. The number of sulfonamides is 1. The van der Waals surface area contributed by atoms with Crippen LogP contribution in [0.25, 0.3) is 5.69 Å². The molecule has 0 saturated carbocycles. The molecular weight excluding hydrogens is 440 g/mol. The van der Waals surface area contributed by atoms with Crippen LogP contribution >= 0.6 is 0 Å². The Kier molecular flexibility index (Phi) is 6.64. The third kappa shape index (κ3) is 4.71. The fourth-order valence-electron chi connectivity index (χ4n) is 3.99. The fraction of sp³-hybridized carbons (Fsp3) is 0.333. The number of rotatable bonds is 6. The summed E-state index contributed by atoms with van der Waals surface area (Å²) in [6.45, 7) is 7.10. The summed E-state index contributed by atoms with van der Waals surface area (Å²) < 4.78 is 35.1. The van der Waals surface area contributed by atoms with Gasteiger partial charge in [-0.3, -0.25) is 4.79 Å². The first-order chi connectivity index (χ1) is 15.8. The molecular formula is C24H28N4O4S. The van der Waals surface area contributed by atoms with E-state index >= 15 is 0 Å². The summed E-state index contributed by atoms with van der Waals surface area (Å²) in [5, 5.41) is 7.44. The van der Waals surface area contributed by atoms with Gasteiger partial charge in [0.2, 0.25) is 10.0 Å². The van der Waals surface area contributed by atoms with Gasteiger partial charge in [-0.1, -0.05) is 25.1 Å². The van der Waals surface area contributed by atoms with E-state index in [0.29, 0.717) is 44.0 Å². The highest BCUT2D eigenvalue weighted by Crippen LogP contribution is 2.26. The summed E-state index contributed by atoms with van der Waals surface area (Å²) in [6.07, 6.45) is 0.543. The van der Waals surface area contributed by atoms with Crippen LogP contribution in [0.15, 0.2) is 53.4 Å². The van der Waals surface area contributed by atoms with E-state index in [9.17, 15) is 13.2 Å². The van der Waals surface area contributed by atoms with Crippen molar-refractivity contribution in [3.63, 3.8) is 0 Å². The number of anilines is 1. The molecule has 0 spiro atoms. The smallest absolute Gasteiger partial charge is 0.255 e. The van der Waals surface area contributed by atoms with E-state index in [0.717, 1.165) is 17.1 Å². The maximum Gasteiger partial charge on any atom is 0.255 e. The fourth-order valence-corrected chi connectivity index (χ4v) is 5.71. The minimum atomic E-state index is -3.73. The van der Waals surface area contributed by atoms with Gasteiger partial charge in [-0.05, 0) is 56.2 Å². The van der Waals surface area contributed by atoms with E-state index in [2.05, 4.69) is 10.4 Å². The monoisotopic (exact) mass is 468 g/mol. The second kappa shape index (κ2) is 9.46. The summed E-state index contributed by atoms with van der Waals surface area (Å²) in [5.74, 6) is -0.384. The molecule has 8 nitrogen and oxygen atoms in total. The topological polar surface area (TPSA) is 93.5 Å². The van der Waals surface area contributed by atoms with Gasteiger partial charge in [-0.15, -0.1) is 0 Å². The van der Waals surface area contributed by atoms with Gasteiger partial charge < -0.3 is 10.1 Å². The van der Waals surface area contributed by atoms with E-state index in [4.69, 9.17) is 4.74 Å². The second-order valence-corrected chi connectivity index (χ2v) is 9.91. The average Bonchev–Trinajstić information content (AvgIpc) is 3.17. The Hall–Kier alpha value is -3.01. The van der Waals surface area contributed by atoms with Crippen molar-refractivity contribution in [3.05, 3.63) is 71.0 Å². The number of nitrogens with zero attached hydrogens (tertiary/aromatic N) is 3. The number of aryl methyl sites for hydroxylation is 3. The van der Waals surface area contributed by atoms with E-state index in [1.54, 1.807) is 22.9 Å². The standard InChI is InChI=1S/C24H28N4O4S/c1-4-19-9-10-20(16-23(19)33(30,31)27-11-13-32-14-12-27)24(29)25-21-7-5-6-8-22(21)28-18(3)15-17(2)26-28/h5-10,15-16H,4,11-14H2,1-3H3,(H,25,29). The highest BCUT2D eigenvalue weighted by molar-refractivity contribution is 7.89. The summed E-state index contributed by atoms with van der Waals surface area (Å²) in [5.41, 5.74) is 4.11. The third-order valence-electron chi connectivity index (χ3n) is 5.69. The van der Waals surface area contributed by atoms with Crippen LogP contribution in [0.4, 0.5) is 5.69 Å². The molecule has 0 atom stereocenters. The number of hydrogen-bond acceptors (Lipinski definition) is 5. The van der Waals surface area contributed by atoms with Crippen LogP contribution in [0.2, 0.25) is 0 Å². The van der Waals surface area contributed by atoms with Crippen LogP contribution in [-0.2, 0) is 21.2 Å². The van der Waals surface area contributed by atoms with Gasteiger partial charge >= 0.3 is 0 Å². The molecule has 1 N–H and O–H groups in total. The number of benzene rings is 2. The van der Waals surface area contributed by atoms with E-state index in [1.165, 1.54) is 10.4 Å². The number of aromatic nitrogens is 2. The Balaban J connectivity index is 1.67. The maximum atomic E-state index is 13.3. The lowest BCUT2D eigenvalue weighted by Crippen LogP contribution is -2.41. The molecule has 0 unspecified atom stereocenters. The van der Waals surface area contributed by atoms with Crippen molar-refractivity contribution in [3.8, 4) is 5.69 Å². The minimum absolute atomic E-state index is 0.173. The Labute approximate surface area is 194 Å². The first-order valence-electron chi connectivity index (χ1n) is 11.0. The number of para-hydroxylation sites is 2. The number of hydrogen-bond donors (Lipinski definition) is 1. The largest absolute Gasteiger partial charge is 0.379 e. The van der Waals surface area contributed by atoms with Gasteiger partial charge in [0.25, 0.3) is 5.91 Å². The summed E-state index contributed by atoms with van der Waals surface area (Å²) in [7, 11) is -3.73. The molecule has 1 aromatic heterocycles. The number of nitrogens with one attached hydrogen (secondary N) is 1. The van der Waals surface area contributed by atoms with Crippen molar-refractivity contribution in [1.82, 2.24) is 14.1 Å². The molecule has 3 aromatic rings. The van der Waals surface area contributed by atoms with Crippen molar-refractivity contribution in [2.45, 2.75) is 32.1 Å². The molecule has 1 fully saturated rings. The minimum Gasteiger partial charge on any atom is -0.379 e. The average molecular weight is 469 g/mol. The Bertz CT molecular complexity index is 1280. The predicted octanol–water partition coefficient (Wildman–Crippen LogP) is 3.32. The van der Waals surface area contributed by atoms with Gasteiger partial charge in [-0.2, -0.15) is 9.40 Å². The zero-order valence-electron chi connectivity index (χ0n) is 19.0. The van der Waals surface area contributed by atoms with E-state index in [1.807, 2.05) is 45.0 Å². The molecule has 2 aromatic carbocycles. The zero-order valence-corrected chi connectivity index (χ0v) is 19.9. The van der Waals surface area contributed by atoms with Gasteiger partial charge in [0, 0.05) is 24.3 Å². The third-order valence-corrected chi connectivity index (χ3v) is 7.67. The number of carbonyl (C=O) groups excluding carboxylic acids is 1. The lowest BCUT2D eigenvalue weighted by atomic mass is 10.1. The number of carbonyl (C=O) groups is 1. The highest BCUT2D eigenvalue weighted by Gasteiger charge is 2.29. The molecule has 9 heteroatoms. The highest BCUT2D eigenvalue weighted by atomic mass is 32.2. The second-order valence-electron chi connectivity index (χ2n) is 8.00. The van der Waals surface area contributed by atoms with Crippen molar-refractivity contribution in [2.24, 2.45) is 0 Å². The van der Waals surface area contributed by atoms with Crippen LogP contribution < -0.4 is 5.32 Å². The molecule has 2 heterocycles. The van der Waals surface area contributed by atoms with Crippen molar-refractivity contribution in [1.29, 1.82) is 0 Å². The van der Waals surface area contributed by atoms with Gasteiger partial charge in [0.1, 0.15) is 0 Å². The van der Waals surface area contributed by atoms with Crippen LogP contribution in [0.5, 0.6) is 0 Å². The molecule has 0 bridgehead atoms. The van der Waals surface area contributed by atoms with E-state index in [-0.39, 0.29) is 16.4 Å². The quantitative estimate of drug-likeness (QED) is 0.599. The van der Waals surface area contributed by atoms with Crippen molar-refractivity contribution >= 4 is 21.6 Å². The summed E-state index contributed by atoms with van der Waals surface area (Å²) in [4.78, 5) is 13.3. The summed E-state index contributed by atoms with van der Waals surface area (Å²) >= 11 is 0.